The second-order valence-electron chi connectivity index (χ2n) is 5.76. The molecule has 0 spiro atoms. The molecule has 3 aromatic rings. The van der Waals surface area contributed by atoms with Crippen molar-refractivity contribution in [3.8, 4) is 0 Å². The molecular weight excluding hydrogens is 389 g/mol. The van der Waals surface area contributed by atoms with Gasteiger partial charge in [0.1, 0.15) is 12.4 Å². The minimum absolute atomic E-state index is 0.0107. The molecule has 10 heteroatoms. The number of ether oxygens (including phenoxy) is 1. The first-order valence-corrected chi connectivity index (χ1v) is 9.52. The monoisotopic (exact) mass is 405 g/mol. The standard InChI is InChI=1S/C18H16FN3O5S/c1-27-18(24)21-20-17(23)11-22-10-16(14-4-2-3-5-15(14)22)28(25,26)13-8-6-12(19)7-9-13/h2-10H,11H2,1H3,(H,20,23)(H,21,24). The Bertz CT molecular complexity index is 1140. The summed E-state index contributed by atoms with van der Waals surface area (Å²) in [6.45, 7) is -0.247. The molecule has 0 saturated carbocycles. The summed E-state index contributed by atoms with van der Waals surface area (Å²) in [5, 5.41) is 0.417. The van der Waals surface area contributed by atoms with E-state index in [0.29, 0.717) is 10.9 Å². The summed E-state index contributed by atoms with van der Waals surface area (Å²) in [4.78, 5) is 23.0. The van der Waals surface area contributed by atoms with Crippen LogP contribution in [0.25, 0.3) is 10.9 Å². The maximum atomic E-state index is 13.2. The molecule has 0 aliphatic carbocycles. The van der Waals surface area contributed by atoms with E-state index in [2.05, 4.69) is 10.2 Å². The van der Waals surface area contributed by atoms with Gasteiger partial charge in [-0.2, -0.15) is 0 Å². The predicted molar refractivity (Wildman–Crippen MR) is 97.5 cm³/mol. The van der Waals surface area contributed by atoms with E-state index < -0.39 is 27.7 Å². The predicted octanol–water partition coefficient (Wildman–Crippen LogP) is 2.00. The van der Waals surface area contributed by atoms with Crippen molar-refractivity contribution in [2.45, 2.75) is 16.3 Å². The van der Waals surface area contributed by atoms with E-state index in [1.807, 2.05) is 5.43 Å². The fourth-order valence-electron chi connectivity index (χ4n) is 2.66. The third-order valence-corrected chi connectivity index (χ3v) is 5.77. The summed E-state index contributed by atoms with van der Waals surface area (Å²) < 4.78 is 44.9. The molecule has 0 atom stereocenters. The number of nitrogens with one attached hydrogen (secondary N) is 2. The van der Waals surface area contributed by atoms with E-state index in [1.165, 1.54) is 22.9 Å². The molecular formula is C18H16FN3O5S. The van der Waals surface area contributed by atoms with E-state index in [1.54, 1.807) is 24.3 Å². The van der Waals surface area contributed by atoms with E-state index in [-0.39, 0.29) is 16.3 Å². The number of benzene rings is 2. The molecule has 0 unspecified atom stereocenters. The zero-order valence-electron chi connectivity index (χ0n) is 14.7. The lowest BCUT2D eigenvalue weighted by Crippen LogP contribution is -2.43. The van der Waals surface area contributed by atoms with E-state index in [4.69, 9.17) is 0 Å². The Morgan fingerprint density at radius 2 is 1.75 bits per heavy atom. The van der Waals surface area contributed by atoms with Crippen LogP contribution in [0.3, 0.4) is 0 Å². The topological polar surface area (TPSA) is 106 Å². The van der Waals surface area contributed by atoms with Gasteiger partial charge in [0.25, 0.3) is 5.91 Å². The molecule has 0 fully saturated rings. The highest BCUT2D eigenvalue weighted by Crippen LogP contribution is 2.30. The molecule has 0 aliphatic rings. The number of sulfone groups is 1. The Kier molecular flexibility index (Phi) is 5.32. The molecule has 2 amide bonds. The summed E-state index contributed by atoms with van der Waals surface area (Å²) in [7, 11) is -2.79. The number of fused-ring (bicyclic) bond motifs is 1. The van der Waals surface area contributed by atoms with Gasteiger partial charge in [-0.1, -0.05) is 18.2 Å². The van der Waals surface area contributed by atoms with Gasteiger partial charge in [0.05, 0.1) is 16.9 Å². The van der Waals surface area contributed by atoms with E-state index >= 15 is 0 Å². The second kappa shape index (κ2) is 7.69. The number of hydrogen-bond acceptors (Lipinski definition) is 5. The van der Waals surface area contributed by atoms with Crippen LogP contribution < -0.4 is 10.9 Å². The first-order valence-electron chi connectivity index (χ1n) is 8.04. The molecule has 28 heavy (non-hydrogen) atoms. The second-order valence-corrected chi connectivity index (χ2v) is 7.68. The number of rotatable bonds is 4. The van der Waals surface area contributed by atoms with Gasteiger partial charge in [-0.15, -0.1) is 0 Å². The van der Waals surface area contributed by atoms with Gasteiger partial charge in [0.15, 0.2) is 0 Å². The Morgan fingerprint density at radius 1 is 1.07 bits per heavy atom. The molecule has 2 aromatic carbocycles. The van der Waals surface area contributed by atoms with E-state index in [0.717, 1.165) is 19.2 Å². The number of nitrogens with zero attached hydrogens (tertiary/aromatic N) is 1. The number of methoxy groups -OCH3 is 1. The van der Waals surface area contributed by atoms with Crippen LogP contribution in [0.15, 0.2) is 64.5 Å². The molecule has 8 nitrogen and oxygen atoms in total. The number of aromatic nitrogens is 1. The van der Waals surface area contributed by atoms with Gasteiger partial charge < -0.3 is 9.30 Å². The van der Waals surface area contributed by atoms with Crippen molar-refractivity contribution in [3.05, 3.63) is 60.5 Å². The highest BCUT2D eigenvalue weighted by molar-refractivity contribution is 7.91. The van der Waals surface area contributed by atoms with Gasteiger partial charge in [-0.05, 0) is 30.3 Å². The molecule has 1 aromatic heterocycles. The summed E-state index contributed by atoms with van der Waals surface area (Å²) in [6.07, 6.45) is 0.492. The highest BCUT2D eigenvalue weighted by atomic mass is 32.2. The first-order chi connectivity index (χ1) is 13.3. The summed E-state index contributed by atoms with van der Waals surface area (Å²) in [5.74, 6) is -1.13. The first kappa shape index (κ1) is 19.4. The van der Waals surface area contributed by atoms with Crippen LogP contribution in [0.1, 0.15) is 0 Å². The fraction of sp³-hybridized carbons (Fsp3) is 0.111. The number of amides is 2. The average Bonchev–Trinajstić information content (AvgIpc) is 3.06. The van der Waals surface area contributed by atoms with Crippen molar-refractivity contribution in [3.63, 3.8) is 0 Å². The van der Waals surface area contributed by atoms with Crippen LogP contribution in [0.2, 0.25) is 0 Å². The Morgan fingerprint density at radius 3 is 2.43 bits per heavy atom. The maximum absolute atomic E-state index is 13.2. The smallest absolute Gasteiger partial charge is 0.425 e. The SMILES string of the molecule is COC(=O)NNC(=O)Cn1cc(S(=O)(=O)c2ccc(F)cc2)c2ccccc21. The average molecular weight is 405 g/mol. The summed E-state index contributed by atoms with van der Waals surface area (Å²) in [5.41, 5.74) is 4.71. The molecule has 0 saturated heterocycles. The number of para-hydroxylation sites is 1. The Labute approximate surface area is 159 Å². The molecule has 2 N–H and O–H groups in total. The van der Waals surface area contributed by atoms with Crippen molar-refractivity contribution in [1.29, 1.82) is 0 Å². The van der Waals surface area contributed by atoms with Gasteiger partial charge >= 0.3 is 6.09 Å². The van der Waals surface area contributed by atoms with Crippen LogP contribution in [0.4, 0.5) is 9.18 Å². The Balaban J connectivity index is 1.98. The molecule has 0 bridgehead atoms. The minimum Gasteiger partial charge on any atom is -0.452 e. The van der Waals surface area contributed by atoms with Crippen molar-refractivity contribution in [2.75, 3.05) is 7.11 Å². The van der Waals surface area contributed by atoms with Crippen LogP contribution in [-0.2, 0) is 25.9 Å². The third kappa shape index (κ3) is 3.81. The maximum Gasteiger partial charge on any atom is 0.425 e. The summed E-state index contributed by atoms with van der Waals surface area (Å²) in [6, 6.07) is 11.2. The number of halogens is 1. The quantitative estimate of drug-likeness (QED) is 0.510. The van der Waals surface area contributed by atoms with Gasteiger partial charge in [0, 0.05) is 17.1 Å². The number of hydrogen-bond donors (Lipinski definition) is 2. The van der Waals surface area contributed by atoms with Crippen molar-refractivity contribution >= 4 is 32.7 Å². The third-order valence-electron chi connectivity index (χ3n) is 3.97. The molecule has 0 aliphatic heterocycles. The van der Waals surface area contributed by atoms with Crippen LogP contribution in [-0.4, -0.2) is 32.1 Å². The van der Waals surface area contributed by atoms with E-state index in [9.17, 15) is 22.4 Å². The van der Waals surface area contributed by atoms with Crippen molar-refractivity contribution in [1.82, 2.24) is 15.4 Å². The van der Waals surface area contributed by atoms with Gasteiger partial charge in [-0.3, -0.25) is 10.2 Å². The molecule has 146 valence electrons. The largest absolute Gasteiger partial charge is 0.452 e. The zero-order valence-corrected chi connectivity index (χ0v) is 15.5. The zero-order chi connectivity index (χ0) is 20.3. The van der Waals surface area contributed by atoms with Gasteiger partial charge in [0.2, 0.25) is 9.84 Å². The van der Waals surface area contributed by atoms with Crippen LogP contribution in [0.5, 0.6) is 0 Å². The van der Waals surface area contributed by atoms with Crippen LogP contribution in [0, 0.1) is 5.82 Å². The molecule has 1 heterocycles. The van der Waals surface area contributed by atoms with Gasteiger partial charge in [-0.25, -0.2) is 23.0 Å². The lowest BCUT2D eigenvalue weighted by Gasteiger charge is -2.07. The molecule has 3 rings (SSSR count). The summed E-state index contributed by atoms with van der Waals surface area (Å²) >= 11 is 0. The number of carbonyl (C=O) groups is 2. The normalized spacial score (nSPS) is 11.2. The fourth-order valence-corrected chi connectivity index (χ4v) is 4.14. The van der Waals surface area contributed by atoms with Crippen molar-refractivity contribution in [2.24, 2.45) is 0 Å². The highest BCUT2D eigenvalue weighted by Gasteiger charge is 2.24. The number of carbonyl (C=O) groups excluding carboxylic acids is 2. The lowest BCUT2D eigenvalue weighted by atomic mass is 10.2. The molecule has 0 radical (unpaired) electrons. The lowest BCUT2D eigenvalue weighted by molar-refractivity contribution is -0.122. The van der Waals surface area contributed by atoms with Crippen molar-refractivity contribution < 1.29 is 27.1 Å². The number of hydrazine groups is 1. The Hall–Kier alpha value is -3.40. The van der Waals surface area contributed by atoms with Crippen LogP contribution >= 0.6 is 0 Å². The minimum atomic E-state index is -3.94.